The zero-order chi connectivity index (χ0) is 25.3. The van der Waals surface area contributed by atoms with Crippen molar-refractivity contribution in [2.24, 2.45) is 4.99 Å². The number of likely N-dealkylation sites (N-methyl/N-ethyl adjacent to an activating group) is 1. The Balaban J connectivity index is 1.84. The number of benzene rings is 2. The van der Waals surface area contributed by atoms with E-state index in [0.717, 1.165) is 41.6 Å². The first-order valence-electron chi connectivity index (χ1n) is 12.5. The van der Waals surface area contributed by atoms with E-state index in [1.54, 1.807) is 12.3 Å². The molecule has 0 aliphatic carbocycles. The van der Waals surface area contributed by atoms with Crippen molar-refractivity contribution in [3.8, 4) is 5.88 Å². The fraction of sp³-hybridized carbons (Fsp3) is 0.429. The number of aryl methyl sites for hydroxylation is 1. The number of anilines is 1. The Labute approximate surface area is 221 Å². The van der Waals surface area contributed by atoms with Crippen LogP contribution >= 0.6 is 22.6 Å². The maximum atomic E-state index is 12.4. The molecule has 2 aromatic carbocycles. The number of rotatable bonds is 7. The summed E-state index contributed by atoms with van der Waals surface area (Å²) in [4.78, 5) is 24.7. The molecule has 6 nitrogen and oxygen atoms in total. The minimum Gasteiger partial charge on any atom is -0.494 e. The number of halogens is 1. The SMILES string of the molecule is CCc1cc(N=Cc2c(O)[nH]c(=O)c3ccc(I)cc23)c(CC)c(CC)c1N1CCC(N(C)C)C1. The summed E-state index contributed by atoms with van der Waals surface area (Å²) in [6.07, 6.45) is 5.65. The average Bonchev–Trinajstić information content (AvgIpc) is 3.32. The van der Waals surface area contributed by atoms with Crippen LogP contribution in [0.4, 0.5) is 11.4 Å². The second kappa shape index (κ2) is 10.7. The van der Waals surface area contributed by atoms with E-state index in [9.17, 15) is 9.90 Å². The molecular formula is C28H35IN4O2. The van der Waals surface area contributed by atoms with Gasteiger partial charge >= 0.3 is 0 Å². The molecule has 0 saturated carbocycles. The smallest absolute Gasteiger partial charge is 0.258 e. The molecule has 0 spiro atoms. The maximum Gasteiger partial charge on any atom is 0.258 e. The minimum absolute atomic E-state index is 0.152. The van der Waals surface area contributed by atoms with E-state index in [2.05, 4.69) is 78.3 Å². The summed E-state index contributed by atoms with van der Waals surface area (Å²) in [5, 5.41) is 11.8. The number of H-pyrrole nitrogens is 1. The van der Waals surface area contributed by atoms with Gasteiger partial charge in [-0.1, -0.05) is 20.8 Å². The summed E-state index contributed by atoms with van der Waals surface area (Å²) in [5.74, 6) is -0.152. The molecule has 1 aromatic heterocycles. The monoisotopic (exact) mass is 586 g/mol. The van der Waals surface area contributed by atoms with Crippen molar-refractivity contribution in [2.75, 3.05) is 32.1 Å². The number of nitrogens with one attached hydrogen (secondary N) is 1. The molecule has 1 unspecified atom stereocenters. The van der Waals surface area contributed by atoms with Gasteiger partial charge in [0.2, 0.25) is 5.88 Å². The third kappa shape index (κ3) is 4.98. The zero-order valence-electron chi connectivity index (χ0n) is 21.3. The van der Waals surface area contributed by atoms with Crippen molar-refractivity contribution in [2.45, 2.75) is 52.5 Å². The third-order valence-corrected chi connectivity index (χ3v) is 7.88. The lowest BCUT2D eigenvalue weighted by atomic mass is 9.93. The van der Waals surface area contributed by atoms with Gasteiger partial charge in [0, 0.05) is 45.4 Å². The second-order valence-corrected chi connectivity index (χ2v) is 10.7. The van der Waals surface area contributed by atoms with E-state index >= 15 is 0 Å². The van der Waals surface area contributed by atoms with Crippen molar-refractivity contribution in [3.63, 3.8) is 0 Å². The lowest BCUT2D eigenvalue weighted by molar-refractivity contribution is 0.315. The van der Waals surface area contributed by atoms with Gasteiger partial charge in [0.15, 0.2) is 0 Å². The summed E-state index contributed by atoms with van der Waals surface area (Å²) in [7, 11) is 4.34. The molecule has 1 atom stereocenters. The van der Waals surface area contributed by atoms with Gasteiger partial charge in [-0.3, -0.25) is 14.8 Å². The first kappa shape index (κ1) is 25.7. The highest BCUT2D eigenvalue weighted by Gasteiger charge is 2.28. The molecule has 7 heteroatoms. The molecule has 35 heavy (non-hydrogen) atoms. The van der Waals surface area contributed by atoms with Crippen molar-refractivity contribution in [3.05, 3.63) is 60.4 Å². The topological polar surface area (TPSA) is 71.9 Å². The number of pyridine rings is 1. The van der Waals surface area contributed by atoms with Gasteiger partial charge in [-0.25, -0.2) is 0 Å². The Morgan fingerprint density at radius 1 is 1.14 bits per heavy atom. The fourth-order valence-electron chi connectivity index (χ4n) is 5.30. The van der Waals surface area contributed by atoms with E-state index in [1.807, 2.05) is 12.1 Å². The van der Waals surface area contributed by atoms with Gasteiger partial charge in [-0.2, -0.15) is 0 Å². The normalized spacial score (nSPS) is 16.3. The molecule has 186 valence electrons. The molecule has 3 aromatic rings. The van der Waals surface area contributed by atoms with Crippen molar-refractivity contribution in [1.82, 2.24) is 9.88 Å². The molecule has 1 aliphatic heterocycles. The van der Waals surface area contributed by atoms with Crippen LogP contribution in [0.15, 0.2) is 34.1 Å². The van der Waals surface area contributed by atoms with Crippen LogP contribution in [0.25, 0.3) is 10.8 Å². The summed E-state index contributed by atoms with van der Waals surface area (Å²) >= 11 is 2.22. The fourth-order valence-corrected chi connectivity index (χ4v) is 5.80. The Morgan fingerprint density at radius 3 is 2.51 bits per heavy atom. The lowest BCUT2D eigenvalue weighted by Gasteiger charge is -2.28. The summed E-state index contributed by atoms with van der Waals surface area (Å²) in [6.45, 7) is 8.75. The second-order valence-electron chi connectivity index (χ2n) is 9.44. The largest absolute Gasteiger partial charge is 0.494 e. The van der Waals surface area contributed by atoms with Crippen molar-refractivity contribution < 1.29 is 5.11 Å². The van der Waals surface area contributed by atoms with Crippen LogP contribution in [-0.4, -0.2) is 54.4 Å². The number of aromatic hydroxyl groups is 1. The maximum absolute atomic E-state index is 12.4. The predicted molar refractivity (Wildman–Crippen MR) is 155 cm³/mol. The third-order valence-electron chi connectivity index (χ3n) is 7.21. The van der Waals surface area contributed by atoms with Gasteiger partial charge in [0.05, 0.1) is 11.3 Å². The number of aromatic amines is 1. The Kier molecular flexibility index (Phi) is 7.86. The quantitative estimate of drug-likeness (QED) is 0.287. The van der Waals surface area contributed by atoms with Crippen LogP contribution in [0.5, 0.6) is 5.88 Å². The number of hydrogen-bond donors (Lipinski definition) is 2. The molecule has 1 saturated heterocycles. The average molecular weight is 587 g/mol. The molecule has 0 bridgehead atoms. The highest BCUT2D eigenvalue weighted by Crippen LogP contribution is 2.38. The van der Waals surface area contributed by atoms with Crippen molar-refractivity contribution >= 4 is 51.0 Å². The van der Waals surface area contributed by atoms with Crippen LogP contribution in [-0.2, 0) is 19.3 Å². The molecule has 1 fully saturated rings. The summed E-state index contributed by atoms with van der Waals surface area (Å²) in [5.41, 5.74) is 6.52. The van der Waals surface area contributed by atoms with Crippen LogP contribution in [0.2, 0.25) is 0 Å². The van der Waals surface area contributed by atoms with Crippen LogP contribution in [0.3, 0.4) is 0 Å². The number of fused-ring (bicyclic) bond motifs is 1. The molecular weight excluding hydrogens is 551 g/mol. The molecule has 0 amide bonds. The molecule has 4 rings (SSSR count). The van der Waals surface area contributed by atoms with Gasteiger partial charge in [-0.15, -0.1) is 0 Å². The number of nitrogens with zero attached hydrogens (tertiary/aromatic N) is 3. The van der Waals surface area contributed by atoms with E-state index in [0.29, 0.717) is 22.4 Å². The Morgan fingerprint density at radius 2 is 1.89 bits per heavy atom. The van der Waals surface area contributed by atoms with Gasteiger partial charge in [0.25, 0.3) is 5.56 Å². The molecule has 2 N–H and O–H groups in total. The summed E-state index contributed by atoms with van der Waals surface area (Å²) < 4.78 is 0.997. The van der Waals surface area contributed by atoms with Crippen LogP contribution < -0.4 is 10.5 Å². The van der Waals surface area contributed by atoms with Crippen molar-refractivity contribution in [1.29, 1.82) is 0 Å². The zero-order valence-corrected chi connectivity index (χ0v) is 23.4. The lowest BCUT2D eigenvalue weighted by Crippen LogP contribution is -2.32. The van der Waals surface area contributed by atoms with E-state index < -0.39 is 0 Å². The highest BCUT2D eigenvalue weighted by atomic mass is 127. The molecule has 1 aliphatic rings. The Bertz CT molecular complexity index is 1330. The number of aromatic nitrogens is 1. The molecule has 2 heterocycles. The van der Waals surface area contributed by atoms with Gasteiger partial charge in [-0.05, 0) is 103 Å². The van der Waals surface area contributed by atoms with Crippen LogP contribution in [0, 0.1) is 3.57 Å². The standard InChI is InChI=1S/C28H35IN4O2/c1-6-17-13-25(20(7-2)21(8-3)26(17)33-12-11-19(16-33)32(4)5)30-15-24-23-14-18(29)9-10-22(23)27(34)31-28(24)35/h9-10,13-15,19H,6-8,11-12,16H2,1-5H3,(H2,31,34,35). The number of aliphatic imine (C=N–C) groups is 1. The van der Waals surface area contributed by atoms with Gasteiger partial charge in [0.1, 0.15) is 0 Å². The van der Waals surface area contributed by atoms with Crippen LogP contribution in [0.1, 0.15) is 49.4 Å². The Hall–Kier alpha value is -2.39. The first-order valence-corrected chi connectivity index (χ1v) is 13.5. The predicted octanol–water partition coefficient (Wildman–Crippen LogP) is 5.42. The minimum atomic E-state index is -0.298. The number of hydrogen-bond acceptors (Lipinski definition) is 5. The highest BCUT2D eigenvalue weighted by molar-refractivity contribution is 14.1. The first-order chi connectivity index (χ1) is 16.8. The van der Waals surface area contributed by atoms with E-state index in [-0.39, 0.29) is 11.4 Å². The molecule has 0 radical (unpaired) electrons. The summed E-state index contributed by atoms with van der Waals surface area (Å²) in [6, 6.07) is 8.40. The van der Waals surface area contributed by atoms with E-state index in [1.165, 1.54) is 28.8 Å². The van der Waals surface area contributed by atoms with E-state index in [4.69, 9.17) is 4.99 Å². The van der Waals surface area contributed by atoms with Gasteiger partial charge < -0.3 is 14.9 Å².